The molecule has 1 aliphatic rings. The lowest BCUT2D eigenvalue weighted by molar-refractivity contribution is 0.196. The molecule has 0 bridgehead atoms. The fourth-order valence-corrected chi connectivity index (χ4v) is 3.67. The maximum Gasteiger partial charge on any atom is 0.344 e. The summed E-state index contributed by atoms with van der Waals surface area (Å²) < 4.78 is 7.32. The Labute approximate surface area is 177 Å². The van der Waals surface area contributed by atoms with Crippen molar-refractivity contribution < 1.29 is 9.53 Å². The maximum atomic E-state index is 12.6. The Morgan fingerprint density at radius 3 is 2.50 bits per heavy atom. The summed E-state index contributed by atoms with van der Waals surface area (Å²) in [5, 5.41) is 4.15. The first-order valence-electron chi connectivity index (χ1n) is 10.5. The van der Waals surface area contributed by atoms with Crippen molar-refractivity contribution in [3.05, 3.63) is 83.7 Å². The minimum Gasteiger partial charge on any atom is -0.489 e. The Morgan fingerprint density at radius 1 is 0.967 bits per heavy atom. The van der Waals surface area contributed by atoms with Crippen molar-refractivity contribution in [2.24, 2.45) is 0 Å². The number of hydrogen-bond donors (Lipinski definition) is 0. The molecule has 156 valence electrons. The van der Waals surface area contributed by atoms with E-state index in [0.29, 0.717) is 6.61 Å². The summed E-state index contributed by atoms with van der Waals surface area (Å²) in [4.78, 5) is 16.9. The van der Waals surface area contributed by atoms with E-state index in [1.54, 1.807) is 12.4 Å². The van der Waals surface area contributed by atoms with Crippen molar-refractivity contribution in [1.29, 1.82) is 0 Å². The number of nitrogens with zero attached hydrogens (tertiary/aromatic N) is 4. The number of carbonyl (C=O) groups is 1. The minimum atomic E-state index is -0.0372. The van der Waals surface area contributed by atoms with Crippen molar-refractivity contribution in [1.82, 2.24) is 19.6 Å². The van der Waals surface area contributed by atoms with Gasteiger partial charge in [-0.25, -0.2) is 4.79 Å². The molecule has 4 rings (SSSR count). The van der Waals surface area contributed by atoms with Crippen molar-refractivity contribution in [3.8, 4) is 5.75 Å². The highest BCUT2D eigenvalue weighted by Crippen LogP contribution is 2.16. The molecule has 0 aliphatic carbocycles. The zero-order valence-electron chi connectivity index (χ0n) is 17.4. The average Bonchev–Trinajstić information content (AvgIpc) is 3.08. The van der Waals surface area contributed by atoms with Crippen molar-refractivity contribution >= 4 is 6.03 Å². The lowest BCUT2D eigenvalue weighted by Crippen LogP contribution is -2.38. The highest BCUT2D eigenvalue weighted by atomic mass is 16.5. The van der Waals surface area contributed by atoms with Crippen LogP contribution in [0.15, 0.2) is 67.0 Å². The van der Waals surface area contributed by atoms with Crippen LogP contribution in [-0.4, -0.2) is 51.8 Å². The molecule has 2 aromatic carbocycles. The third-order valence-electron chi connectivity index (χ3n) is 5.34. The van der Waals surface area contributed by atoms with E-state index in [1.807, 2.05) is 42.2 Å². The molecular weight excluding hydrogens is 376 g/mol. The lowest BCUT2D eigenvalue weighted by Gasteiger charge is -2.22. The normalized spacial score (nSPS) is 15.0. The number of hydrogen-bond acceptors (Lipinski definition) is 4. The number of amides is 1. The fourth-order valence-electron chi connectivity index (χ4n) is 3.67. The zero-order valence-corrected chi connectivity index (χ0v) is 17.4. The molecule has 0 spiro atoms. The van der Waals surface area contributed by atoms with Crippen molar-refractivity contribution in [3.63, 3.8) is 0 Å². The number of carbonyl (C=O) groups excluding carboxylic acids is 1. The second kappa shape index (κ2) is 9.59. The summed E-state index contributed by atoms with van der Waals surface area (Å²) in [5.41, 5.74) is 3.41. The van der Waals surface area contributed by atoms with Crippen LogP contribution in [0.5, 0.6) is 5.75 Å². The monoisotopic (exact) mass is 404 g/mol. The van der Waals surface area contributed by atoms with Gasteiger partial charge in [0.1, 0.15) is 12.4 Å². The maximum absolute atomic E-state index is 12.6. The van der Waals surface area contributed by atoms with Gasteiger partial charge in [0.25, 0.3) is 0 Å². The zero-order chi connectivity index (χ0) is 20.8. The molecule has 1 amide bonds. The first-order chi connectivity index (χ1) is 14.7. The van der Waals surface area contributed by atoms with Crippen LogP contribution in [-0.2, 0) is 13.2 Å². The van der Waals surface area contributed by atoms with E-state index in [4.69, 9.17) is 4.74 Å². The van der Waals surface area contributed by atoms with Crippen molar-refractivity contribution in [2.45, 2.75) is 26.5 Å². The minimum absolute atomic E-state index is 0.0372. The third-order valence-corrected chi connectivity index (χ3v) is 5.34. The standard InChI is InChI=1S/C24H28N4O2/c1-20-16-25-28(17-20)24(29)27-13-5-12-26(14-15-27)18-21-8-10-23(11-9-21)30-19-22-6-3-2-4-7-22/h2-4,6-11,16-17H,5,12-15,18-19H2,1H3. The van der Waals surface area contributed by atoms with E-state index in [0.717, 1.165) is 56.0 Å². The van der Waals surface area contributed by atoms with Gasteiger partial charge in [-0.05, 0) is 42.2 Å². The lowest BCUT2D eigenvalue weighted by atomic mass is 10.2. The van der Waals surface area contributed by atoms with E-state index < -0.39 is 0 Å². The Hall–Kier alpha value is -3.12. The van der Waals surface area contributed by atoms with Crippen molar-refractivity contribution in [2.75, 3.05) is 26.2 Å². The highest BCUT2D eigenvalue weighted by molar-refractivity contribution is 5.76. The van der Waals surface area contributed by atoms with E-state index in [9.17, 15) is 4.79 Å². The molecule has 30 heavy (non-hydrogen) atoms. The van der Waals surface area contributed by atoms with Gasteiger partial charge in [-0.1, -0.05) is 42.5 Å². The highest BCUT2D eigenvalue weighted by Gasteiger charge is 2.20. The fraction of sp³-hybridized carbons (Fsp3) is 0.333. The quantitative estimate of drug-likeness (QED) is 0.646. The molecule has 1 aromatic heterocycles. The topological polar surface area (TPSA) is 50.6 Å². The molecule has 0 radical (unpaired) electrons. The predicted octanol–water partition coefficient (Wildman–Crippen LogP) is 3.95. The number of ether oxygens (including phenoxy) is 1. The second-order valence-corrected chi connectivity index (χ2v) is 7.78. The van der Waals surface area contributed by atoms with Crippen LogP contribution in [0, 0.1) is 6.92 Å². The first-order valence-corrected chi connectivity index (χ1v) is 10.5. The molecule has 1 fully saturated rings. The number of aryl methyl sites for hydroxylation is 1. The number of benzene rings is 2. The van der Waals surface area contributed by atoms with Crippen LogP contribution in [0.4, 0.5) is 4.79 Å². The predicted molar refractivity (Wildman–Crippen MR) is 116 cm³/mol. The Kier molecular flexibility index (Phi) is 6.44. The first kappa shape index (κ1) is 20.2. The Morgan fingerprint density at radius 2 is 1.77 bits per heavy atom. The molecule has 1 aliphatic heterocycles. The molecule has 6 nitrogen and oxygen atoms in total. The second-order valence-electron chi connectivity index (χ2n) is 7.78. The summed E-state index contributed by atoms with van der Waals surface area (Å²) in [5.74, 6) is 0.879. The molecule has 0 N–H and O–H groups in total. The van der Waals surface area contributed by atoms with Gasteiger partial charge < -0.3 is 9.64 Å². The van der Waals surface area contributed by atoms with Gasteiger partial charge in [-0.15, -0.1) is 0 Å². The molecular formula is C24H28N4O2. The molecule has 0 saturated carbocycles. The molecule has 1 saturated heterocycles. The molecule has 0 atom stereocenters. The SMILES string of the molecule is Cc1cnn(C(=O)N2CCCN(Cc3ccc(OCc4ccccc4)cc3)CC2)c1. The van der Waals surface area contributed by atoms with E-state index >= 15 is 0 Å². The van der Waals surface area contributed by atoms with E-state index in [2.05, 4.69) is 34.3 Å². The van der Waals surface area contributed by atoms with Gasteiger partial charge in [-0.3, -0.25) is 4.90 Å². The Balaban J connectivity index is 1.27. The van der Waals surface area contributed by atoms with Gasteiger partial charge in [0, 0.05) is 38.9 Å². The summed E-state index contributed by atoms with van der Waals surface area (Å²) in [6.45, 7) is 6.72. The number of rotatable bonds is 5. The van der Waals surface area contributed by atoms with Crippen LogP contribution < -0.4 is 4.74 Å². The summed E-state index contributed by atoms with van der Waals surface area (Å²) in [6, 6.07) is 18.5. The molecule has 6 heteroatoms. The van der Waals surface area contributed by atoms with Gasteiger partial charge >= 0.3 is 6.03 Å². The van der Waals surface area contributed by atoms with Crippen LogP contribution in [0.1, 0.15) is 23.1 Å². The third kappa shape index (κ3) is 5.27. The van der Waals surface area contributed by atoms with Crippen LogP contribution >= 0.6 is 0 Å². The molecule has 2 heterocycles. The van der Waals surface area contributed by atoms with Crippen LogP contribution in [0.25, 0.3) is 0 Å². The van der Waals surface area contributed by atoms with E-state index in [1.165, 1.54) is 10.2 Å². The number of aromatic nitrogens is 2. The summed E-state index contributed by atoms with van der Waals surface area (Å²) >= 11 is 0. The summed E-state index contributed by atoms with van der Waals surface area (Å²) in [7, 11) is 0. The van der Waals surface area contributed by atoms with Crippen LogP contribution in [0.3, 0.4) is 0 Å². The van der Waals surface area contributed by atoms with Gasteiger partial charge in [-0.2, -0.15) is 9.78 Å². The van der Waals surface area contributed by atoms with Gasteiger partial charge in [0.15, 0.2) is 0 Å². The molecule has 0 unspecified atom stereocenters. The van der Waals surface area contributed by atoms with Gasteiger partial charge in [0.2, 0.25) is 0 Å². The van der Waals surface area contributed by atoms with E-state index in [-0.39, 0.29) is 6.03 Å². The molecule has 3 aromatic rings. The van der Waals surface area contributed by atoms with Crippen LogP contribution in [0.2, 0.25) is 0 Å². The van der Waals surface area contributed by atoms with Gasteiger partial charge in [0.05, 0.1) is 6.20 Å². The average molecular weight is 405 g/mol. The largest absolute Gasteiger partial charge is 0.489 e. The summed E-state index contributed by atoms with van der Waals surface area (Å²) in [6.07, 6.45) is 4.46. The Bertz CT molecular complexity index is 953. The smallest absolute Gasteiger partial charge is 0.344 e.